The molecule has 0 aliphatic heterocycles. The molecule has 24 heavy (non-hydrogen) atoms. The molecule has 6 nitrogen and oxygen atoms in total. The minimum absolute atomic E-state index is 0.0594. The number of aromatic nitrogens is 1. The van der Waals surface area contributed by atoms with Crippen molar-refractivity contribution in [2.45, 2.75) is 26.4 Å². The number of carbonyl (C=O) groups is 1. The monoisotopic (exact) mass is 331 g/mol. The third-order valence-corrected chi connectivity index (χ3v) is 3.92. The van der Waals surface area contributed by atoms with Crippen molar-refractivity contribution in [2.24, 2.45) is 7.05 Å². The summed E-state index contributed by atoms with van der Waals surface area (Å²) in [5.41, 5.74) is 1.68. The maximum Gasteiger partial charge on any atom is 0.322 e. The van der Waals surface area contributed by atoms with Gasteiger partial charge >= 0.3 is 6.03 Å². The van der Waals surface area contributed by atoms with Gasteiger partial charge in [-0.1, -0.05) is 0 Å². The number of aryl methyl sites for hydroxylation is 1. The quantitative estimate of drug-likeness (QED) is 0.881. The number of nitrogens with one attached hydrogen (secondary N) is 1. The van der Waals surface area contributed by atoms with Gasteiger partial charge in [0.25, 0.3) is 0 Å². The van der Waals surface area contributed by atoms with Gasteiger partial charge in [0, 0.05) is 31.0 Å². The number of rotatable bonds is 6. The Hall–Kier alpha value is -2.63. The van der Waals surface area contributed by atoms with Crippen molar-refractivity contribution in [3.63, 3.8) is 0 Å². The maximum absolute atomic E-state index is 12.7. The molecule has 0 aliphatic carbocycles. The van der Waals surface area contributed by atoms with Crippen LogP contribution in [0.5, 0.6) is 11.5 Å². The molecular formula is C18H25N3O3. The summed E-state index contributed by atoms with van der Waals surface area (Å²) >= 11 is 0. The number of methoxy groups -OCH3 is 2. The molecule has 0 radical (unpaired) electrons. The molecule has 0 saturated carbocycles. The predicted octanol–water partition coefficient (Wildman–Crippen LogP) is 3.48. The molecule has 2 aromatic rings. The molecule has 0 bridgehead atoms. The summed E-state index contributed by atoms with van der Waals surface area (Å²) in [4.78, 5) is 14.5. The number of hydrogen-bond donors (Lipinski definition) is 1. The maximum atomic E-state index is 12.7. The van der Waals surface area contributed by atoms with E-state index in [4.69, 9.17) is 9.47 Å². The number of hydrogen-bond acceptors (Lipinski definition) is 3. The van der Waals surface area contributed by atoms with E-state index in [0.29, 0.717) is 23.7 Å². The van der Waals surface area contributed by atoms with E-state index in [1.165, 1.54) is 0 Å². The molecule has 0 saturated heterocycles. The van der Waals surface area contributed by atoms with Gasteiger partial charge in [-0.25, -0.2) is 4.79 Å². The highest BCUT2D eigenvalue weighted by atomic mass is 16.5. The average Bonchev–Trinajstić information content (AvgIpc) is 2.97. The van der Waals surface area contributed by atoms with Crippen molar-refractivity contribution in [3.8, 4) is 11.5 Å². The van der Waals surface area contributed by atoms with Crippen molar-refractivity contribution in [1.29, 1.82) is 0 Å². The Labute approximate surface area is 143 Å². The third-order valence-electron chi connectivity index (χ3n) is 3.92. The molecule has 0 fully saturated rings. The number of urea groups is 1. The largest absolute Gasteiger partial charge is 0.497 e. The van der Waals surface area contributed by atoms with E-state index in [0.717, 1.165) is 5.69 Å². The van der Waals surface area contributed by atoms with E-state index in [1.54, 1.807) is 37.3 Å². The van der Waals surface area contributed by atoms with Gasteiger partial charge in [-0.05, 0) is 38.1 Å². The second kappa shape index (κ2) is 7.77. The topological polar surface area (TPSA) is 55.7 Å². The minimum Gasteiger partial charge on any atom is -0.497 e. The average molecular weight is 331 g/mol. The van der Waals surface area contributed by atoms with Crippen molar-refractivity contribution >= 4 is 11.7 Å². The van der Waals surface area contributed by atoms with Crippen LogP contribution in [0.25, 0.3) is 0 Å². The van der Waals surface area contributed by atoms with Gasteiger partial charge in [0.15, 0.2) is 0 Å². The van der Waals surface area contributed by atoms with Gasteiger partial charge < -0.3 is 24.3 Å². The van der Waals surface area contributed by atoms with Gasteiger partial charge in [0.2, 0.25) is 0 Å². The minimum atomic E-state index is -0.172. The lowest BCUT2D eigenvalue weighted by Crippen LogP contribution is -2.40. The van der Waals surface area contributed by atoms with Crippen LogP contribution in [0.4, 0.5) is 10.5 Å². The summed E-state index contributed by atoms with van der Waals surface area (Å²) in [6.45, 7) is 4.52. The summed E-state index contributed by atoms with van der Waals surface area (Å²) < 4.78 is 12.5. The summed E-state index contributed by atoms with van der Waals surface area (Å²) in [6, 6.07) is 9.17. The van der Waals surface area contributed by atoms with Crippen molar-refractivity contribution < 1.29 is 14.3 Å². The lowest BCUT2D eigenvalue weighted by Gasteiger charge is -2.27. The first-order chi connectivity index (χ1) is 11.5. The first-order valence-corrected chi connectivity index (χ1v) is 7.86. The van der Waals surface area contributed by atoms with E-state index < -0.39 is 0 Å². The van der Waals surface area contributed by atoms with Crippen LogP contribution in [0, 0.1) is 0 Å². The Balaban J connectivity index is 2.17. The van der Waals surface area contributed by atoms with E-state index in [9.17, 15) is 4.79 Å². The third kappa shape index (κ3) is 4.01. The molecule has 0 spiro atoms. The van der Waals surface area contributed by atoms with Gasteiger partial charge in [-0.15, -0.1) is 0 Å². The molecule has 2 rings (SSSR count). The summed E-state index contributed by atoms with van der Waals surface area (Å²) in [6.07, 6.45) is 1.97. The zero-order valence-corrected chi connectivity index (χ0v) is 14.9. The van der Waals surface area contributed by atoms with Crippen LogP contribution in [0.15, 0.2) is 36.5 Å². The number of anilines is 1. The van der Waals surface area contributed by atoms with Crippen LogP contribution >= 0.6 is 0 Å². The summed E-state index contributed by atoms with van der Waals surface area (Å²) in [5, 5.41) is 2.92. The van der Waals surface area contributed by atoms with Crippen molar-refractivity contribution in [3.05, 3.63) is 42.2 Å². The number of benzene rings is 1. The molecule has 0 atom stereocenters. The molecule has 6 heteroatoms. The fraction of sp³-hybridized carbons (Fsp3) is 0.389. The van der Waals surface area contributed by atoms with Gasteiger partial charge in [0.1, 0.15) is 11.5 Å². The van der Waals surface area contributed by atoms with Crippen LogP contribution in [0.3, 0.4) is 0 Å². The smallest absolute Gasteiger partial charge is 0.322 e. The molecular weight excluding hydrogens is 306 g/mol. The second-order valence-corrected chi connectivity index (χ2v) is 5.83. The highest BCUT2D eigenvalue weighted by molar-refractivity contribution is 5.91. The van der Waals surface area contributed by atoms with E-state index in [1.807, 2.05) is 43.8 Å². The Morgan fingerprint density at radius 1 is 1.25 bits per heavy atom. The Bertz CT molecular complexity index is 695. The SMILES string of the molecule is COc1ccc(NC(=O)N(Cc2cccn2C)C(C)C)c(OC)c1. The highest BCUT2D eigenvalue weighted by Crippen LogP contribution is 2.29. The van der Waals surface area contributed by atoms with Crippen LogP contribution in [0.1, 0.15) is 19.5 Å². The Kier molecular flexibility index (Phi) is 5.73. The fourth-order valence-electron chi connectivity index (χ4n) is 2.41. The number of nitrogens with zero attached hydrogens (tertiary/aromatic N) is 2. The van der Waals surface area contributed by atoms with Crippen molar-refractivity contribution in [1.82, 2.24) is 9.47 Å². The van der Waals surface area contributed by atoms with Crippen molar-refractivity contribution in [2.75, 3.05) is 19.5 Å². The van der Waals surface area contributed by atoms with Gasteiger partial charge in [-0.3, -0.25) is 0 Å². The number of carbonyl (C=O) groups excluding carboxylic acids is 1. The first kappa shape index (κ1) is 17.7. The molecule has 1 aromatic carbocycles. The molecule has 2 amide bonds. The van der Waals surface area contributed by atoms with Crippen LogP contribution < -0.4 is 14.8 Å². The molecule has 0 unspecified atom stereocenters. The summed E-state index contributed by atoms with van der Waals surface area (Å²) in [5.74, 6) is 1.24. The zero-order chi connectivity index (χ0) is 17.7. The van der Waals surface area contributed by atoms with E-state index in [-0.39, 0.29) is 12.1 Å². The molecule has 1 aromatic heterocycles. The number of amides is 2. The molecule has 1 N–H and O–H groups in total. The standard InChI is InChI=1S/C18H25N3O3/c1-13(2)21(12-14-7-6-10-20(14)3)18(22)19-16-9-8-15(23-4)11-17(16)24-5/h6-11,13H,12H2,1-5H3,(H,19,22). The van der Waals surface area contributed by atoms with Crippen LogP contribution in [0.2, 0.25) is 0 Å². The lowest BCUT2D eigenvalue weighted by atomic mass is 10.2. The van der Waals surface area contributed by atoms with E-state index in [2.05, 4.69) is 5.32 Å². The van der Waals surface area contributed by atoms with Gasteiger partial charge in [-0.2, -0.15) is 0 Å². The highest BCUT2D eigenvalue weighted by Gasteiger charge is 2.20. The first-order valence-electron chi connectivity index (χ1n) is 7.86. The van der Waals surface area contributed by atoms with Crippen LogP contribution in [-0.2, 0) is 13.6 Å². The van der Waals surface area contributed by atoms with Gasteiger partial charge in [0.05, 0.1) is 26.5 Å². The zero-order valence-electron chi connectivity index (χ0n) is 14.9. The molecule has 1 heterocycles. The Morgan fingerprint density at radius 2 is 2.00 bits per heavy atom. The van der Waals surface area contributed by atoms with E-state index >= 15 is 0 Å². The lowest BCUT2D eigenvalue weighted by molar-refractivity contribution is 0.192. The second-order valence-electron chi connectivity index (χ2n) is 5.83. The fourth-order valence-corrected chi connectivity index (χ4v) is 2.41. The van der Waals surface area contributed by atoms with Crippen LogP contribution in [-0.4, -0.2) is 35.8 Å². The number of ether oxygens (including phenoxy) is 2. The molecule has 130 valence electrons. The normalized spacial score (nSPS) is 10.6. The predicted molar refractivity (Wildman–Crippen MR) is 94.7 cm³/mol. The Morgan fingerprint density at radius 3 is 2.54 bits per heavy atom. The molecule has 0 aliphatic rings. The summed E-state index contributed by atoms with van der Waals surface area (Å²) in [7, 11) is 5.13.